The van der Waals surface area contributed by atoms with Gasteiger partial charge in [0.05, 0.1) is 0 Å². The summed E-state index contributed by atoms with van der Waals surface area (Å²) in [6, 6.07) is 4.52. The fourth-order valence-corrected chi connectivity index (χ4v) is 1.99. The van der Waals surface area contributed by atoms with Gasteiger partial charge in [-0.2, -0.15) is 0 Å². The number of benzene rings is 1. The van der Waals surface area contributed by atoms with E-state index in [1.807, 2.05) is 0 Å². The molecule has 0 atom stereocenters. The van der Waals surface area contributed by atoms with Gasteiger partial charge < -0.3 is 9.73 Å². The van der Waals surface area contributed by atoms with Crippen molar-refractivity contribution in [2.45, 2.75) is 6.92 Å². The van der Waals surface area contributed by atoms with Crippen molar-refractivity contribution in [2.75, 3.05) is 5.32 Å². The van der Waals surface area contributed by atoms with Crippen LogP contribution in [0.3, 0.4) is 0 Å². The summed E-state index contributed by atoms with van der Waals surface area (Å²) in [5.74, 6) is -0.384. The number of anilines is 1. The number of nitroso groups, excluding NO2 is 1. The lowest BCUT2D eigenvalue weighted by molar-refractivity contribution is -0.114. The number of carbonyl (C=O) groups is 1. The number of hydrogen-bond donors (Lipinski definition) is 1. The fraction of sp³-hybridized carbons (Fsp3) is 0.0909. The SMILES string of the molecule is CC(=O)Nc1cc2cc(Br)cc(N=O)c2oc1=O. The van der Waals surface area contributed by atoms with Gasteiger partial charge in [-0.05, 0) is 23.4 Å². The zero-order chi connectivity index (χ0) is 13.3. The molecular formula is C11H7BrN2O4. The lowest BCUT2D eigenvalue weighted by Gasteiger charge is -2.04. The van der Waals surface area contributed by atoms with Crippen molar-refractivity contribution in [2.24, 2.45) is 5.18 Å². The lowest BCUT2D eigenvalue weighted by Crippen LogP contribution is -2.14. The maximum absolute atomic E-state index is 11.6. The molecule has 0 saturated carbocycles. The Morgan fingerprint density at radius 2 is 2.11 bits per heavy atom. The Balaban J connectivity index is 2.75. The third-order valence-corrected chi connectivity index (χ3v) is 2.64. The third-order valence-electron chi connectivity index (χ3n) is 2.19. The van der Waals surface area contributed by atoms with Crippen LogP contribution in [0.25, 0.3) is 11.0 Å². The van der Waals surface area contributed by atoms with Crippen molar-refractivity contribution in [3.05, 3.63) is 38.0 Å². The lowest BCUT2D eigenvalue weighted by atomic mass is 10.2. The highest BCUT2D eigenvalue weighted by Crippen LogP contribution is 2.30. The van der Waals surface area contributed by atoms with E-state index in [4.69, 9.17) is 4.42 Å². The molecule has 92 valence electrons. The molecule has 1 heterocycles. The topological polar surface area (TPSA) is 88.7 Å². The number of halogens is 1. The average Bonchev–Trinajstić information content (AvgIpc) is 2.29. The van der Waals surface area contributed by atoms with Gasteiger partial charge in [0.15, 0.2) is 11.3 Å². The molecule has 1 aromatic carbocycles. The highest BCUT2D eigenvalue weighted by molar-refractivity contribution is 9.10. The molecule has 0 fully saturated rings. The van der Waals surface area contributed by atoms with Gasteiger partial charge in [-0.25, -0.2) is 4.79 Å². The molecule has 0 saturated heterocycles. The molecule has 0 spiro atoms. The Kier molecular flexibility index (Phi) is 3.24. The van der Waals surface area contributed by atoms with Crippen molar-refractivity contribution >= 4 is 44.2 Å². The first-order chi connectivity index (χ1) is 8.51. The second kappa shape index (κ2) is 4.69. The summed E-state index contributed by atoms with van der Waals surface area (Å²) in [5, 5.41) is 5.63. The number of nitrogens with zero attached hydrogens (tertiary/aromatic N) is 1. The monoisotopic (exact) mass is 310 g/mol. The van der Waals surface area contributed by atoms with E-state index in [0.29, 0.717) is 9.86 Å². The molecule has 1 aromatic heterocycles. The summed E-state index contributed by atoms with van der Waals surface area (Å²) in [6.07, 6.45) is 0. The van der Waals surface area contributed by atoms with Gasteiger partial charge in [-0.15, -0.1) is 4.91 Å². The zero-order valence-corrected chi connectivity index (χ0v) is 10.8. The van der Waals surface area contributed by atoms with Crippen LogP contribution >= 0.6 is 15.9 Å². The fourth-order valence-electron chi connectivity index (χ4n) is 1.52. The molecule has 6 nitrogen and oxygen atoms in total. The Bertz CT molecular complexity index is 708. The first-order valence-electron chi connectivity index (χ1n) is 4.89. The van der Waals surface area contributed by atoms with Crippen LogP contribution in [-0.4, -0.2) is 5.91 Å². The molecule has 1 N–H and O–H groups in total. The largest absolute Gasteiger partial charge is 0.419 e. The standard InChI is InChI=1S/C11H7BrN2O4/c1-5(15)13-9-3-6-2-7(12)4-8(14-17)10(6)18-11(9)16/h2-4H,1H3,(H,13,15). The zero-order valence-electron chi connectivity index (χ0n) is 9.19. The Labute approximate surface area is 109 Å². The summed E-state index contributed by atoms with van der Waals surface area (Å²) < 4.78 is 5.60. The minimum atomic E-state index is -0.732. The summed E-state index contributed by atoms with van der Waals surface area (Å²) in [6.45, 7) is 1.28. The second-order valence-electron chi connectivity index (χ2n) is 3.56. The Hall–Kier alpha value is -2.02. The van der Waals surface area contributed by atoms with Crippen LogP contribution in [0, 0.1) is 4.91 Å². The first kappa shape index (κ1) is 12.4. The van der Waals surface area contributed by atoms with E-state index in [1.165, 1.54) is 19.1 Å². The molecule has 1 amide bonds. The van der Waals surface area contributed by atoms with Gasteiger partial charge in [-0.1, -0.05) is 15.9 Å². The number of amides is 1. The molecule has 18 heavy (non-hydrogen) atoms. The highest BCUT2D eigenvalue weighted by atomic mass is 79.9. The summed E-state index contributed by atoms with van der Waals surface area (Å²) in [4.78, 5) is 33.2. The van der Waals surface area contributed by atoms with Gasteiger partial charge in [0.1, 0.15) is 5.69 Å². The second-order valence-corrected chi connectivity index (χ2v) is 4.48. The molecule has 7 heteroatoms. The first-order valence-corrected chi connectivity index (χ1v) is 5.69. The molecular weight excluding hydrogens is 304 g/mol. The van der Waals surface area contributed by atoms with E-state index in [0.717, 1.165) is 0 Å². The van der Waals surface area contributed by atoms with Crippen LogP contribution < -0.4 is 10.9 Å². The minimum Gasteiger partial charge on any atom is -0.419 e. The molecule has 0 aliphatic heterocycles. The maximum atomic E-state index is 11.6. The van der Waals surface area contributed by atoms with Gasteiger partial charge in [0.25, 0.3) is 0 Å². The van der Waals surface area contributed by atoms with Gasteiger partial charge in [0, 0.05) is 16.8 Å². The van der Waals surface area contributed by atoms with Crippen LogP contribution in [0.2, 0.25) is 0 Å². The number of hydrogen-bond acceptors (Lipinski definition) is 5. The predicted molar refractivity (Wildman–Crippen MR) is 69.9 cm³/mol. The molecule has 0 radical (unpaired) electrons. The van der Waals surface area contributed by atoms with E-state index in [2.05, 4.69) is 26.4 Å². The van der Waals surface area contributed by atoms with Crippen LogP contribution in [0.5, 0.6) is 0 Å². The van der Waals surface area contributed by atoms with Crippen LogP contribution in [0.15, 0.2) is 37.1 Å². The highest BCUT2D eigenvalue weighted by Gasteiger charge is 2.11. The molecule has 0 aliphatic carbocycles. The predicted octanol–water partition coefficient (Wildman–Crippen LogP) is 2.91. The minimum absolute atomic E-state index is 0.0185. The number of rotatable bonds is 2. The van der Waals surface area contributed by atoms with Gasteiger partial charge in [0.2, 0.25) is 5.91 Å². The molecule has 0 unspecified atom stereocenters. The summed E-state index contributed by atoms with van der Waals surface area (Å²) in [7, 11) is 0. The average molecular weight is 311 g/mol. The van der Waals surface area contributed by atoms with Crippen molar-refractivity contribution in [1.29, 1.82) is 0 Å². The van der Waals surface area contributed by atoms with E-state index < -0.39 is 5.63 Å². The van der Waals surface area contributed by atoms with E-state index in [1.54, 1.807) is 6.07 Å². The van der Waals surface area contributed by atoms with Crippen molar-refractivity contribution in [3.63, 3.8) is 0 Å². The number of carbonyl (C=O) groups excluding carboxylic acids is 1. The van der Waals surface area contributed by atoms with E-state index >= 15 is 0 Å². The molecule has 2 rings (SSSR count). The Morgan fingerprint density at radius 1 is 1.39 bits per heavy atom. The number of fused-ring (bicyclic) bond motifs is 1. The van der Waals surface area contributed by atoms with Crippen LogP contribution in [-0.2, 0) is 4.79 Å². The van der Waals surface area contributed by atoms with Crippen LogP contribution in [0.1, 0.15) is 6.92 Å². The van der Waals surface area contributed by atoms with Crippen molar-refractivity contribution in [3.8, 4) is 0 Å². The molecule has 0 bridgehead atoms. The van der Waals surface area contributed by atoms with Crippen LogP contribution in [0.4, 0.5) is 11.4 Å². The van der Waals surface area contributed by atoms with Gasteiger partial charge in [-0.3, -0.25) is 4.79 Å². The van der Waals surface area contributed by atoms with Crippen molar-refractivity contribution in [1.82, 2.24) is 0 Å². The summed E-state index contributed by atoms with van der Waals surface area (Å²) >= 11 is 3.21. The summed E-state index contributed by atoms with van der Waals surface area (Å²) in [5.41, 5.74) is -0.604. The van der Waals surface area contributed by atoms with E-state index in [9.17, 15) is 14.5 Å². The van der Waals surface area contributed by atoms with Gasteiger partial charge >= 0.3 is 5.63 Å². The third kappa shape index (κ3) is 2.30. The smallest absolute Gasteiger partial charge is 0.360 e. The maximum Gasteiger partial charge on any atom is 0.360 e. The van der Waals surface area contributed by atoms with Crippen molar-refractivity contribution < 1.29 is 9.21 Å². The quantitative estimate of drug-likeness (QED) is 0.682. The Morgan fingerprint density at radius 3 is 2.72 bits per heavy atom. The van der Waals surface area contributed by atoms with E-state index in [-0.39, 0.29) is 22.9 Å². The molecule has 0 aliphatic rings. The molecule has 2 aromatic rings. The normalized spacial score (nSPS) is 10.3. The number of nitrogens with one attached hydrogen (secondary N) is 1.